The van der Waals surface area contributed by atoms with Gasteiger partial charge in [-0.1, -0.05) is 50.6 Å². The highest BCUT2D eigenvalue weighted by atomic mass is 32.1. The molecular weight excluding hydrogens is 472 g/mol. The number of ether oxygens (including phenoxy) is 2. The number of nitrogens with zero attached hydrogens (tertiary/aromatic N) is 2. The molecule has 2 heterocycles. The van der Waals surface area contributed by atoms with E-state index in [9.17, 15) is 9.59 Å². The molecule has 2 amide bonds. The molecule has 0 bridgehead atoms. The van der Waals surface area contributed by atoms with Crippen LogP contribution in [0.25, 0.3) is 0 Å². The van der Waals surface area contributed by atoms with E-state index in [0.29, 0.717) is 42.7 Å². The van der Waals surface area contributed by atoms with Crippen LogP contribution < -0.4 is 9.47 Å². The molecule has 0 spiro atoms. The molecule has 1 aliphatic heterocycles. The monoisotopic (exact) mass is 506 g/mol. The van der Waals surface area contributed by atoms with Crippen LogP contribution in [0, 0.1) is 5.92 Å². The van der Waals surface area contributed by atoms with E-state index in [2.05, 4.69) is 25.3 Å². The number of carbonyl (C=O) groups excluding carboxylic acids is 2. The van der Waals surface area contributed by atoms with Gasteiger partial charge in [0.15, 0.2) is 11.5 Å². The minimum atomic E-state index is -0.227. The average molecular weight is 507 g/mol. The maximum Gasteiger partial charge on any atom is 0.254 e. The van der Waals surface area contributed by atoms with Crippen LogP contribution in [0.15, 0.2) is 66.0 Å². The van der Waals surface area contributed by atoms with Crippen LogP contribution in [-0.2, 0) is 11.2 Å². The van der Waals surface area contributed by atoms with Crippen molar-refractivity contribution in [3.8, 4) is 11.5 Å². The summed E-state index contributed by atoms with van der Waals surface area (Å²) in [6.07, 6.45) is 1.74. The number of carbonyl (C=O) groups is 2. The summed E-state index contributed by atoms with van der Waals surface area (Å²) in [4.78, 5) is 32.0. The second-order valence-electron chi connectivity index (χ2n) is 9.18. The molecule has 2 atom stereocenters. The second-order valence-corrected chi connectivity index (χ2v) is 10.2. The zero-order valence-corrected chi connectivity index (χ0v) is 22.0. The molecule has 0 aliphatic carbocycles. The molecule has 0 fully saturated rings. The first-order chi connectivity index (χ1) is 17.5. The average Bonchev–Trinajstić information content (AvgIpc) is 3.40. The van der Waals surface area contributed by atoms with Crippen LogP contribution in [0.1, 0.15) is 47.1 Å². The first-order valence-electron chi connectivity index (χ1n) is 12.5. The summed E-state index contributed by atoms with van der Waals surface area (Å²) in [5.41, 5.74) is 1.72. The quantitative estimate of drug-likeness (QED) is 0.367. The van der Waals surface area contributed by atoms with E-state index in [-0.39, 0.29) is 24.4 Å². The van der Waals surface area contributed by atoms with Crippen LogP contribution in [-0.4, -0.2) is 55.0 Å². The minimum absolute atomic E-state index is 0.0443. The minimum Gasteiger partial charge on any atom is -0.493 e. The third-order valence-electron chi connectivity index (χ3n) is 6.74. The van der Waals surface area contributed by atoms with Crippen molar-refractivity contribution >= 4 is 23.2 Å². The van der Waals surface area contributed by atoms with Gasteiger partial charge in [0.25, 0.3) is 5.91 Å². The topological polar surface area (TPSA) is 59.1 Å². The fourth-order valence-corrected chi connectivity index (χ4v) is 5.45. The van der Waals surface area contributed by atoms with Gasteiger partial charge in [-0.2, -0.15) is 0 Å². The third-order valence-corrected chi connectivity index (χ3v) is 7.74. The number of methoxy groups -OCH3 is 1. The van der Waals surface area contributed by atoms with Crippen molar-refractivity contribution in [2.45, 2.75) is 32.7 Å². The van der Waals surface area contributed by atoms with Crippen molar-refractivity contribution in [3.63, 3.8) is 0 Å². The fraction of sp³-hybridized carbons (Fsp3) is 0.379. The number of hydrogen-bond donors (Lipinski definition) is 0. The summed E-state index contributed by atoms with van der Waals surface area (Å²) in [7, 11) is 1.62. The van der Waals surface area contributed by atoms with Gasteiger partial charge in [-0.3, -0.25) is 9.59 Å². The lowest BCUT2D eigenvalue weighted by atomic mass is 10.00. The lowest BCUT2D eigenvalue weighted by Gasteiger charge is -2.37. The molecule has 6 nitrogen and oxygen atoms in total. The number of rotatable bonds is 10. The van der Waals surface area contributed by atoms with E-state index in [1.54, 1.807) is 35.5 Å². The summed E-state index contributed by atoms with van der Waals surface area (Å²) in [5.74, 6) is 1.42. The Bertz CT molecular complexity index is 1160. The maximum atomic E-state index is 13.7. The maximum absolute atomic E-state index is 13.7. The number of amides is 2. The SMILES string of the molecule is CC[C@@H](C)CN(CC(=O)N1CCc2sccc2[C@H]1COc1ccccc1OC)C(=O)c1ccccc1. The van der Waals surface area contributed by atoms with E-state index in [4.69, 9.17) is 9.47 Å². The number of fused-ring (bicyclic) bond motifs is 1. The molecule has 1 aliphatic rings. The highest BCUT2D eigenvalue weighted by Gasteiger charge is 2.34. The summed E-state index contributed by atoms with van der Waals surface area (Å²) in [5, 5.41) is 2.07. The van der Waals surface area contributed by atoms with Gasteiger partial charge in [-0.15, -0.1) is 11.3 Å². The van der Waals surface area contributed by atoms with Gasteiger partial charge in [0, 0.05) is 23.5 Å². The molecule has 0 unspecified atom stereocenters. The van der Waals surface area contributed by atoms with Crippen molar-refractivity contribution in [2.24, 2.45) is 5.92 Å². The Morgan fingerprint density at radius 3 is 2.53 bits per heavy atom. The predicted molar refractivity (Wildman–Crippen MR) is 143 cm³/mol. The molecule has 0 saturated carbocycles. The van der Waals surface area contributed by atoms with E-state index in [0.717, 1.165) is 18.4 Å². The van der Waals surface area contributed by atoms with Gasteiger partial charge in [-0.25, -0.2) is 0 Å². The van der Waals surface area contributed by atoms with Crippen molar-refractivity contribution in [2.75, 3.05) is 33.4 Å². The van der Waals surface area contributed by atoms with E-state index < -0.39 is 0 Å². The first-order valence-corrected chi connectivity index (χ1v) is 13.4. The van der Waals surface area contributed by atoms with Gasteiger partial charge >= 0.3 is 0 Å². The second kappa shape index (κ2) is 12.1. The van der Waals surface area contributed by atoms with Crippen LogP contribution in [0.5, 0.6) is 11.5 Å². The van der Waals surface area contributed by atoms with Gasteiger partial charge in [-0.05, 0) is 53.6 Å². The Morgan fingerprint density at radius 1 is 1.08 bits per heavy atom. The summed E-state index contributed by atoms with van der Waals surface area (Å²) in [6, 6.07) is 18.6. The van der Waals surface area contributed by atoms with E-state index in [1.807, 2.05) is 47.4 Å². The molecule has 190 valence electrons. The lowest BCUT2D eigenvalue weighted by molar-refractivity contribution is -0.135. The number of para-hydroxylation sites is 2. The van der Waals surface area contributed by atoms with Crippen molar-refractivity contribution in [1.82, 2.24) is 9.80 Å². The Morgan fingerprint density at radius 2 is 1.81 bits per heavy atom. The number of thiophene rings is 1. The highest BCUT2D eigenvalue weighted by Crippen LogP contribution is 2.35. The Balaban J connectivity index is 1.55. The largest absolute Gasteiger partial charge is 0.493 e. The molecule has 4 rings (SSSR count). The van der Waals surface area contributed by atoms with Gasteiger partial charge in [0.1, 0.15) is 13.2 Å². The molecular formula is C29H34N2O4S. The molecule has 7 heteroatoms. The predicted octanol–water partition coefficient (Wildman–Crippen LogP) is 5.45. The molecule has 36 heavy (non-hydrogen) atoms. The van der Waals surface area contributed by atoms with Crippen molar-refractivity contribution < 1.29 is 19.1 Å². The third kappa shape index (κ3) is 5.90. The van der Waals surface area contributed by atoms with Crippen molar-refractivity contribution in [3.05, 3.63) is 82.0 Å². The number of hydrogen-bond acceptors (Lipinski definition) is 5. The molecule has 0 N–H and O–H groups in total. The molecule has 0 saturated heterocycles. The standard InChI is InChI=1S/C29H34N2O4S/c1-4-21(2)18-30(29(33)22-10-6-5-7-11-22)19-28(32)31-16-14-27-23(15-17-36-27)24(31)20-35-26-13-9-8-12-25(26)34-3/h5-13,15,17,21,24H,4,14,16,18-20H2,1-3H3/t21-,24-/m1/s1. The van der Waals surface area contributed by atoms with Gasteiger partial charge in [0.2, 0.25) is 5.91 Å². The van der Waals surface area contributed by atoms with Gasteiger partial charge in [0.05, 0.1) is 13.2 Å². The molecule has 2 aromatic carbocycles. The summed E-state index contributed by atoms with van der Waals surface area (Å²) < 4.78 is 11.6. The first kappa shape index (κ1) is 25.8. The van der Waals surface area contributed by atoms with Crippen LogP contribution in [0.4, 0.5) is 0 Å². The Labute approximate surface area is 217 Å². The Kier molecular flexibility index (Phi) is 8.65. The summed E-state index contributed by atoms with van der Waals surface area (Å²) in [6.45, 7) is 5.71. The van der Waals surface area contributed by atoms with Crippen molar-refractivity contribution in [1.29, 1.82) is 0 Å². The molecule has 1 aromatic heterocycles. The van der Waals surface area contributed by atoms with Crippen LogP contribution in [0.2, 0.25) is 0 Å². The van der Waals surface area contributed by atoms with E-state index in [1.165, 1.54) is 4.88 Å². The fourth-order valence-electron chi connectivity index (χ4n) is 4.52. The van der Waals surface area contributed by atoms with Gasteiger partial charge < -0.3 is 19.3 Å². The van der Waals surface area contributed by atoms with Crippen LogP contribution in [0.3, 0.4) is 0 Å². The molecule has 0 radical (unpaired) electrons. The van der Waals surface area contributed by atoms with E-state index >= 15 is 0 Å². The smallest absolute Gasteiger partial charge is 0.254 e. The normalized spacial score (nSPS) is 15.6. The zero-order valence-electron chi connectivity index (χ0n) is 21.2. The van der Waals surface area contributed by atoms with Crippen LogP contribution >= 0.6 is 11.3 Å². The Hall–Kier alpha value is -3.32. The lowest BCUT2D eigenvalue weighted by Crippen LogP contribution is -2.48. The zero-order chi connectivity index (χ0) is 25.5. The highest BCUT2D eigenvalue weighted by molar-refractivity contribution is 7.10. The summed E-state index contributed by atoms with van der Waals surface area (Å²) >= 11 is 1.72. The number of benzene rings is 2. The molecule has 3 aromatic rings.